The van der Waals surface area contributed by atoms with Gasteiger partial charge in [0.1, 0.15) is 6.10 Å². The average Bonchev–Trinajstić information content (AvgIpc) is 3.02. The van der Waals surface area contributed by atoms with Gasteiger partial charge in [-0.2, -0.15) is 5.10 Å². The van der Waals surface area contributed by atoms with Crippen molar-refractivity contribution in [3.05, 3.63) is 16.4 Å². The molecule has 1 aromatic heterocycles. The Morgan fingerprint density at radius 1 is 1.69 bits per heavy atom. The smallest absolute Gasteiger partial charge is 0.123 e. The summed E-state index contributed by atoms with van der Waals surface area (Å²) in [5.41, 5.74) is 0.821. The van der Waals surface area contributed by atoms with Crippen LogP contribution in [0.15, 0.2) is 10.7 Å². The summed E-state index contributed by atoms with van der Waals surface area (Å²) in [6, 6.07) is 0. The number of hydrogen-bond acceptors (Lipinski definition) is 3. The first kappa shape index (κ1) is 12.1. The van der Waals surface area contributed by atoms with Gasteiger partial charge in [0, 0.05) is 13.7 Å². The van der Waals surface area contributed by atoms with E-state index >= 15 is 0 Å². The van der Waals surface area contributed by atoms with E-state index in [1.807, 2.05) is 11.6 Å². The van der Waals surface area contributed by atoms with E-state index < -0.39 is 6.10 Å². The zero-order valence-corrected chi connectivity index (χ0v) is 11.1. The SMILES string of the molecule is CCn1ncc(Br)c1C(O)C(OC)C1CC1. The zero-order chi connectivity index (χ0) is 11.7. The van der Waals surface area contributed by atoms with Crippen molar-refractivity contribution in [1.82, 2.24) is 9.78 Å². The highest BCUT2D eigenvalue weighted by Crippen LogP contribution is 2.40. The first-order valence-corrected chi connectivity index (χ1v) is 6.40. The molecule has 4 nitrogen and oxygen atoms in total. The van der Waals surface area contributed by atoms with Crippen molar-refractivity contribution in [2.24, 2.45) is 5.92 Å². The van der Waals surface area contributed by atoms with Crippen molar-refractivity contribution in [3.8, 4) is 0 Å². The number of aryl methyl sites for hydroxylation is 1. The Labute approximate surface area is 104 Å². The summed E-state index contributed by atoms with van der Waals surface area (Å²) in [6.07, 6.45) is 3.30. The van der Waals surface area contributed by atoms with E-state index in [0.717, 1.165) is 29.6 Å². The molecule has 1 N–H and O–H groups in total. The van der Waals surface area contributed by atoms with Crippen LogP contribution in [0.4, 0.5) is 0 Å². The molecule has 1 aromatic rings. The second kappa shape index (κ2) is 4.85. The maximum atomic E-state index is 10.4. The van der Waals surface area contributed by atoms with E-state index in [9.17, 15) is 5.11 Å². The summed E-state index contributed by atoms with van der Waals surface area (Å²) < 4.78 is 8.06. The molecule has 1 aliphatic rings. The Bertz CT molecular complexity index is 363. The lowest BCUT2D eigenvalue weighted by Gasteiger charge is -2.22. The Hall–Kier alpha value is -0.390. The number of nitrogens with zero attached hydrogens (tertiary/aromatic N) is 2. The number of ether oxygens (including phenoxy) is 1. The number of aliphatic hydroxyl groups excluding tert-OH is 1. The second-order valence-electron chi connectivity index (χ2n) is 4.18. The van der Waals surface area contributed by atoms with E-state index in [-0.39, 0.29) is 6.10 Å². The van der Waals surface area contributed by atoms with Gasteiger partial charge in [-0.1, -0.05) is 0 Å². The Morgan fingerprint density at radius 2 is 2.38 bits per heavy atom. The van der Waals surface area contributed by atoms with E-state index in [4.69, 9.17) is 4.74 Å². The van der Waals surface area contributed by atoms with Crippen LogP contribution < -0.4 is 0 Å². The van der Waals surface area contributed by atoms with Crippen molar-refractivity contribution < 1.29 is 9.84 Å². The first-order valence-electron chi connectivity index (χ1n) is 5.61. The number of hydrogen-bond donors (Lipinski definition) is 1. The van der Waals surface area contributed by atoms with Gasteiger partial charge in [0.15, 0.2) is 0 Å². The van der Waals surface area contributed by atoms with Gasteiger partial charge in [-0.25, -0.2) is 0 Å². The van der Waals surface area contributed by atoms with Crippen LogP contribution in [0.5, 0.6) is 0 Å². The molecule has 1 fully saturated rings. The van der Waals surface area contributed by atoms with Crippen LogP contribution in [0, 0.1) is 5.92 Å². The van der Waals surface area contributed by atoms with Crippen molar-refractivity contribution in [1.29, 1.82) is 0 Å². The molecule has 1 saturated carbocycles. The Morgan fingerprint density at radius 3 is 2.88 bits per heavy atom. The van der Waals surface area contributed by atoms with Gasteiger partial charge in [0.2, 0.25) is 0 Å². The van der Waals surface area contributed by atoms with Crippen molar-refractivity contribution in [3.63, 3.8) is 0 Å². The molecular formula is C11H17BrN2O2. The van der Waals surface area contributed by atoms with E-state index in [2.05, 4.69) is 21.0 Å². The minimum Gasteiger partial charge on any atom is -0.384 e. The molecule has 0 bridgehead atoms. The predicted octanol–water partition coefficient (Wildman–Crippen LogP) is 2.12. The van der Waals surface area contributed by atoms with Crippen LogP contribution >= 0.6 is 15.9 Å². The molecule has 0 aliphatic heterocycles. The molecule has 0 amide bonds. The van der Waals surface area contributed by atoms with Crippen molar-refractivity contribution >= 4 is 15.9 Å². The number of aromatic nitrogens is 2. The Kier molecular flexibility index (Phi) is 3.66. The van der Waals surface area contributed by atoms with Crippen LogP contribution in [0.25, 0.3) is 0 Å². The molecule has 0 spiro atoms. The van der Waals surface area contributed by atoms with Crippen LogP contribution in [-0.4, -0.2) is 28.1 Å². The minimum atomic E-state index is -0.602. The van der Waals surface area contributed by atoms with Crippen LogP contribution in [0.3, 0.4) is 0 Å². The van der Waals surface area contributed by atoms with Crippen molar-refractivity contribution in [2.45, 2.75) is 38.5 Å². The number of halogens is 1. The van der Waals surface area contributed by atoms with Crippen molar-refractivity contribution in [2.75, 3.05) is 7.11 Å². The third kappa shape index (κ3) is 2.17. The molecule has 1 heterocycles. The molecular weight excluding hydrogens is 272 g/mol. The second-order valence-corrected chi connectivity index (χ2v) is 5.03. The molecule has 5 heteroatoms. The molecule has 0 radical (unpaired) electrons. The maximum Gasteiger partial charge on any atom is 0.123 e. The molecule has 0 saturated heterocycles. The van der Waals surface area contributed by atoms with Gasteiger partial charge in [0.05, 0.1) is 22.5 Å². The van der Waals surface area contributed by atoms with Gasteiger partial charge in [-0.15, -0.1) is 0 Å². The summed E-state index contributed by atoms with van der Waals surface area (Å²) in [4.78, 5) is 0. The van der Waals surface area contributed by atoms with E-state index in [1.165, 1.54) is 0 Å². The largest absolute Gasteiger partial charge is 0.384 e. The molecule has 90 valence electrons. The van der Waals surface area contributed by atoms with Gasteiger partial charge in [-0.05, 0) is 41.6 Å². The molecule has 1 aliphatic carbocycles. The monoisotopic (exact) mass is 288 g/mol. The van der Waals surface area contributed by atoms with Gasteiger partial charge < -0.3 is 9.84 Å². The Balaban J connectivity index is 2.23. The summed E-state index contributed by atoms with van der Waals surface area (Å²) in [5.74, 6) is 0.493. The van der Waals surface area contributed by atoms with E-state index in [1.54, 1.807) is 13.3 Å². The van der Waals surface area contributed by atoms with Crippen LogP contribution in [0.1, 0.15) is 31.6 Å². The predicted molar refractivity (Wildman–Crippen MR) is 64.1 cm³/mol. The van der Waals surface area contributed by atoms with Crippen LogP contribution in [-0.2, 0) is 11.3 Å². The van der Waals surface area contributed by atoms with Crippen LogP contribution in [0.2, 0.25) is 0 Å². The van der Waals surface area contributed by atoms with E-state index in [0.29, 0.717) is 5.92 Å². The summed E-state index contributed by atoms with van der Waals surface area (Å²) in [7, 11) is 1.66. The third-order valence-electron chi connectivity index (χ3n) is 3.08. The molecule has 16 heavy (non-hydrogen) atoms. The average molecular weight is 289 g/mol. The third-order valence-corrected chi connectivity index (χ3v) is 3.69. The summed E-state index contributed by atoms with van der Waals surface area (Å²) >= 11 is 3.43. The first-order chi connectivity index (χ1) is 7.69. The number of aliphatic hydroxyl groups is 1. The lowest BCUT2D eigenvalue weighted by atomic mass is 10.1. The lowest BCUT2D eigenvalue weighted by Crippen LogP contribution is -2.25. The topological polar surface area (TPSA) is 47.3 Å². The standard InChI is InChI=1S/C11H17BrN2O2/c1-3-14-9(8(12)6-13-14)10(15)11(16-2)7-4-5-7/h6-7,10-11,15H,3-5H2,1-2H3. The zero-order valence-electron chi connectivity index (χ0n) is 9.56. The minimum absolute atomic E-state index is 0.113. The molecule has 2 atom stereocenters. The molecule has 0 aromatic carbocycles. The highest BCUT2D eigenvalue weighted by molar-refractivity contribution is 9.10. The highest BCUT2D eigenvalue weighted by atomic mass is 79.9. The number of methoxy groups -OCH3 is 1. The molecule has 2 unspecified atom stereocenters. The van der Waals surface area contributed by atoms with Gasteiger partial charge >= 0.3 is 0 Å². The van der Waals surface area contributed by atoms with Gasteiger partial charge in [0.25, 0.3) is 0 Å². The fraction of sp³-hybridized carbons (Fsp3) is 0.727. The summed E-state index contributed by atoms with van der Waals surface area (Å²) in [5, 5.41) is 14.6. The fourth-order valence-electron chi connectivity index (χ4n) is 2.08. The maximum absolute atomic E-state index is 10.4. The quantitative estimate of drug-likeness (QED) is 0.903. The van der Waals surface area contributed by atoms with Gasteiger partial charge in [-0.3, -0.25) is 4.68 Å². The highest BCUT2D eigenvalue weighted by Gasteiger charge is 2.38. The fourth-order valence-corrected chi connectivity index (χ4v) is 2.61. The normalized spacial score (nSPS) is 19.8. The number of rotatable bonds is 5. The molecule has 2 rings (SSSR count). The lowest BCUT2D eigenvalue weighted by molar-refractivity contribution is -0.0301. The summed E-state index contributed by atoms with van der Waals surface area (Å²) in [6.45, 7) is 2.76.